The summed E-state index contributed by atoms with van der Waals surface area (Å²) in [7, 11) is 1.21. The van der Waals surface area contributed by atoms with Gasteiger partial charge in [0.05, 0.1) is 7.11 Å². The molecule has 1 fully saturated rings. The van der Waals surface area contributed by atoms with Gasteiger partial charge in [-0.15, -0.1) is 0 Å². The number of ketones is 2. The van der Waals surface area contributed by atoms with Gasteiger partial charge in [0.2, 0.25) is 5.78 Å². The van der Waals surface area contributed by atoms with E-state index in [0.717, 1.165) is 11.1 Å². The molecule has 0 unspecified atom stereocenters. The minimum Gasteiger partial charge on any atom is -0.383 e. The molecule has 1 amide bonds. The van der Waals surface area contributed by atoms with Gasteiger partial charge in [-0.25, -0.2) is 0 Å². The summed E-state index contributed by atoms with van der Waals surface area (Å²) < 4.78 is 0. The number of rotatable bonds is 2. The van der Waals surface area contributed by atoms with Crippen LogP contribution in [0.4, 0.5) is 0 Å². The summed E-state index contributed by atoms with van der Waals surface area (Å²) >= 11 is 0. The van der Waals surface area contributed by atoms with Crippen molar-refractivity contribution in [2.24, 2.45) is 5.41 Å². The van der Waals surface area contributed by atoms with Gasteiger partial charge in [-0.05, 0) is 18.1 Å². The number of aliphatic hydroxyl groups is 1. The van der Waals surface area contributed by atoms with E-state index in [1.54, 1.807) is 6.08 Å². The Morgan fingerprint density at radius 3 is 2.60 bits per heavy atom. The third kappa shape index (κ3) is 1.55. The van der Waals surface area contributed by atoms with Crippen molar-refractivity contribution in [3.05, 3.63) is 36.1 Å². The largest absolute Gasteiger partial charge is 0.383 e. The molecule has 106 valence electrons. The Morgan fingerprint density at radius 1 is 1.45 bits per heavy atom. The van der Waals surface area contributed by atoms with Crippen molar-refractivity contribution >= 4 is 17.5 Å². The molecule has 2 rings (SSSR count). The van der Waals surface area contributed by atoms with Crippen molar-refractivity contribution < 1.29 is 24.3 Å². The molecule has 0 aromatic heterocycles. The number of carbonyl (C=O) groups is 3. The molecule has 6 heteroatoms. The van der Waals surface area contributed by atoms with Crippen LogP contribution in [-0.4, -0.2) is 40.9 Å². The predicted molar refractivity (Wildman–Crippen MR) is 69.0 cm³/mol. The van der Waals surface area contributed by atoms with Crippen LogP contribution in [0.15, 0.2) is 36.1 Å². The Morgan fingerprint density at radius 2 is 2.10 bits per heavy atom. The summed E-state index contributed by atoms with van der Waals surface area (Å²) in [6.45, 7) is 5.32. The van der Waals surface area contributed by atoms with Gasteiger partial charge in [0, 0.05) is 0 Å². The van der Waals surface area contributed by atoms with Crippen molar-refractivity contribution in [2.45, 2.75) is 19.4 Å². The maximum absolute atomic E-state index is 12.5. The van der Waals surface area contributed by atoms with Crippen LogP contribution >= 0.6 is 0 Å². The summed E-state index contributed by atoms with van der Waals surface area (Å²) in [5.74, 6) is -2.19. The highest BCUT2D eigenvalue weighted by molar-refractivity contribution is 6.26. The molecule has 1 aliphatic carbocycles. The van der Waals surface area contributed by atoms with E-state index in [1.165, 1.54) is 13.2 Å². The lowest BCUT2D eigenvalue weighted by Gasteiger charge is -2.32. The number of carbonyl (C=O) groups excluding carboxylic acids is 3. The minimum absolute atomic E-state index is 0.193. The maximum atomic E-state index is 12.5. The van der Waals surface area contributed by atoms with Crippen LogP contribution in [0, 0.1) is 5.41 Å². The van der Waals surface area contributed by atoms with Gasteiger partial charge in [-0.3, -0.25) is 19.2 Å². The van der Waals surface area contributed by atoms with E-state index >= 15 is 0 Å². The molecule has 1 aliphatic heterocycles. The van der Waals surface area contributed by atoms with E-state index in [9.17, 15) is 19.5 Å². The standard InChI is InChI=1S/C14H15NO5/c1-4-5-9-6-7-10(16)12(18)14(9)11(17)8(2)15(20-3)13(14)19/h5-7,12,18H,2,4H2,1,3H3/b9-5-/t12-,14+/m0/s1. The molecule has 0 aromatic carbocycles. The van der Waals surface area contributed by atoms with Crippen LogP contribution < -0.4 is 0 Å². The first-order valence-corrected chi connectivity index (χ1v) is 6.15. The molecule has 1 N–H and O–H groups in total. The molecule has 6 nitrogen and oxygen atoms in total. The molecule has 0 aromatic rings. The van der Waals surface area contributed by atoms with E-state index in [4.69, 9.17) is 4.84 Å². The van der Waals surface area contributed by atoms with Gasteiger partial charge >= 0.3 is 0 Å². The average Bonchev–Trinajstić information content (AvgIpc) is 2.61. The zero-order valence-electron chi connectivity index (χ0n) is 11.3. The van der Waals surface area contributed by atoms with Crippen LogP contribution in [0.5, 0.6) is 0 Å². The monoisotopic (exact) mass is 277 g/mol. The summed E-state index contributed by atoms with van der Waals surface area (Å²) in [5, 5.41) is 10.9. The van der Waals surface area contributed by atoms with E-state index in [-0.39, 0.29) is 5.70 Å². The average molecular weight is 277 g/mol. The smallest absolute Gasteiger partial charge is 0.272 e. The highest BCUT2D eigenvalue weighted by Gasteiger charge is 2.65. The molecule has 0 radical (unpaired) electrons. The third-order valence-electron chi connectivity index (χ3n) is 3.56. The number of hydrogen-bond acceptors (Lipinski definition) is 5. The van der Waals surface area contributed by atoms with Gasteiger partial charge < -0.3 is 5.11 Å². The Kier molecular flexibility index (Phi) is 3.45. The number of nitrogens with zero attached hydrogens (tertiary/aromatic N) is 1. The molecule has 20 heavy (non-hydrogen) atoms. The summed E-state index contributed by atoms with van der Waals surface area (Å²) in [6, 6.07) is 0. The second-order valence-corrected chi connectivity index (χ2v) is 4.57. The molecule has 1 spiro atoms. The number of amides is 1. The van der Waals surface area contributed by atoms with Crippen LogP contribution in [0.2, 0.25) is 0 Å². The molecular formula is C14H15NO5. The fourth-order valence-electron chi connectivity index (χ4n) is 2.60. The van der Waals surface area contributed by atoms with Crippen molar-refractivity contribution in [3.63, 3.8) is 0 Å². The van der Waals surface area contributed by atoms with Crippen LogP contribution in [-0.2, 0) is 19.2 Å². The lowest BCUT2D eigenvalue weighted by Crippen LogP contribution is -2.52. The van der Waals surface area contributed by atoms with Crippen molar-refractivity contribution in [3.8, 4) is 0 Å². The quantitative estimate of drug-likeness (QED) is 0.579. The highest BCUT2D eigenvalue weighted by Crippen LogP contribution is 2.46. The van der Waals surface area contributed by atoms with Crippen molar-refractivity contribution in [1.82, 2.24) is 5.06 Å². The second kappa shape index (κ2) is 4.81. The number of hydrogen-bond donors (Lipinski definition) is 1. The second-order valence-electron chi connectivity index (χ2n) is 4.57. The highest BCUT2D eigenvalue weighted by atomic mass is 16.7. The summed E-state index contributed by atoms with van der Waals surface area (Å²) in [4.78, 5) is 41.6. The fourth-order valence-corrected chi connectivity index (χ4v) is 2.60. The van der Waals surface area contributed by atoms with Gasteiger partial charge in [0.25, 0.3) is 5.91 Å². The van der Waals surface area contributed by atoms with Gasteiger partial charge in [0.15, 0.2) is 11.2 Å². The first kappa shape index (κ1) is 14.4. The van der Waals surface area contributed by atoms with Crippen LogP contribution in [0.3, 0.4) is 0 Å². The minimum atomic E-state index is -1.96. The lowest BCUT2D eigenvalue weighted by atomic mass is 9.68. The first-order valence-electron chi connectivity index (χ1n) is 6.15. The topological polar surface area (TPSA) is 83.9 Å². The SMILES string of the molecule is C=C1C(=O)[C@]2(C(=O)N1OC)/C(=C\CC)C=CC(=O)[C@@H]2O. The van der Waals surface area contributed by atoms with Gasteiger partial charge in [0.1, 0.15) is 11.8 Å². The van der Waals surface area contributed by atoms with Gasteiger partial charge in [-0.2, -0.15) is 5.06 Å². The number of hydroxylamine groups is 2. The normalized spacial score (nSPS) is 32.0. The van der Waals surface area contributed by atoms with Gasteiger partial charge in [-0.1, -0.05) is 25.7 Å². The first-order chi connectivity index (χ1) is 9.42. The van der Waals surface area contributed by atoms with Crippen LogP contribution in [0.25, 0.3) is 0 Å². The molecule has 2 aliphatic rings. The molecule has 2 atom stereocenters. The Balaban J connectivity index is 2.72. The van der Waals surface area contributed by atoms with E-state index in [0.29, 0.717) is 12.0 Å². The number of allylic oxidation sites excluding steroid dienone is 3. The van der Waals surface area contributed by atoms with E-state index in [1.807, 2.05) is 6.92 Å². The maximum Gasteiger partial charge on any atom is 0.272 e. The van der Waals surface area contributed by atoms with E-state index < -0.39 is 29.0 Å². The van der Waals surface area contributed by atoms with Crippen LogP contribution in [0.1, 0.15) is 13.3 Å². The molecule has 1 saturated heterocycles. The Hall–Kier alpha value is -2.05. The van der Waals surface area contributed by atoms with Crippen molar-refractivity contribution in [1.29, 1.82) is 0 Å². The zero-order chi connectivity index (χ0) is 15.1. The number of Topliss-reactive ketones (excluding diaryl/α,β-unsaturated/α-hetero) is 1. The Bertz CT molecular complexity index is 574. The van der Waals surface area contributed by atoms with E-state index in [2.05, 4.69) is 6.58 Å². The Labute approximate surface area is 116 Å². The molecule has 1 heterocycles. The summed E-state index contributed by atoms with van der Waals surface area (Å²) in [5.41, 5.74) is -1.86. The summed E-state index contributed by atoms with van der Waals surface area (Å²) in [6.07, 6.45) is 2.97. The molecule has 0 saturated carbocycles. The predicted octanol–water partition coefficient (Wildman–Crippen LogP) is 0.295. The zero-order valence-corrected chi connectivity index (χ0v) is 11.3. The third-order valence-corrected chi connectivity index (χ3v) is 3.56. The molecule has 0 bridgehead atoms. The van der Waals surface area contributed by atoms with Crippen molar-refractivity contribution in [2.75, 3.05) is 7.11 Å². The lowest BCUT2D eigenvalue weighted by molar-refractivity contribution is -0.170. The molecular weight excluding hydrogens is 262 g/mol. The number of aliphatic hydroxyl groups excluding tert-OH is 1. The fraction of sp³-hybridized carbons (Fsp3) is 0.357.